The number of rotatable bonds is 10. The SMILES string of the molecule is OCCN(CC[C@@H](Cc1ccccc1Cl)c1cccc(F)c1)Cc1ccccc1. The predicted molar refractivity (Wildman–Crippen MR) is 118 cm³/mol. The Kier molecular flexibility index (Phi) is 8.24. The van der Waals surface area contributed by atoms with Crippen molar-refractivity contribution < 1.29 is 9.50 Å². The van der Waals surface area contributed by atoms with Crippen molar-refractivity contribution >= 4 is 11.6 Å². The minimum atomic E-state index is -0.219. The molecule has 0 aromatic heterocycles. The average Bonchev–Trinajstić information content (AvgIpc) is 2.73. The maximum absolute atomic E-state index is 13.9. The number of nitrogens with zero attached hydrogens (tertiary/aromatic N) is 1. The van der Waals surface area contributed by atoms with Crippen LogP contribution in [0.4, 0.5) is 4.39 Å². The van der Waals surface area contributed by atoms with E-state index in [1.807, 2.05) is 48.5 Å². The van der Waals surface area contributed by atoms with Gasteiger partial charge in [0.25, 0.3) is 0 Å². The van der Waals surface area contributed by atoms with E-state index in [2.05, 4.69) is 17.0 Å². The van der Waals surface area contributed by atoms with Gasteiger partial charge in [-0.15, -0.1) is 0 Å². The highest BCUT2D eigenvalue weighted by Crippen LogP contribution is 2.28. The summed E-state index contributed by atoms with van der Waals surface area (Å²) in [6, 6.07) is 24.9. The molecule has 0 radical (unpaired) electrons. The summed E-state index contributed by atoms with van der Waals surface area (Å²) < 4.78 is 13.9. The monoisotopic (exact) mass is 411 g/mol. The molecule has 0 unspecified atom stereocenters. The molecule has 0 heterocycles. The summed E-state index contributed by atoms with van der Waals surface area (Å²) in [5.74, 6) is -0.0780. The molecule has 3 rings (SSSR count). The van der Waals surface area contributed by atoms with Crippen molar-refractivity contribution in [1.82, 2.24) is 4.90 Å². The maximum Gasteiger partial charge on any atom is 0.123 e. The van der Waals surface area contributed by atoms with E-state index in [9.17, 15) is 9.50 Å². The van der Waals surface area contributed by atoms with Gasteiger partial charge in [0.2, 0.25) is 0 Å². The van der Waals surface area contributed by atoms with Gasteiger partial charge in [-0.2, -0.15) is 0 Å². The zero-order valence-electron chi connectivity index (χ0n) is 16.5. The van der Waals surface area contributed by atoms with Gasteiger partial charge >= 0.3 is 0 Å². The van der Waals surface area contributed by atoms with Gasteiger partial charge in [0, 0.05) is 18.1 Å². The largest absolute Gasteiger partial charge is 0.395 e. The van der Waals surface area contributed by atoms with Gasteiger partial charge in [-0.05, 0) is 60.2 Å². The molecule has 3 aromatic rings. The van der Waals surface area contributed by atoms with Crippen molar-refractivity contribution in [3.63, 3.8) is 0 Å². The summed E-state index contributed by atoms with van der Waals surface area (Å²) >= 11 is 6.39. The highest BCUT2D eigenvalue weighted by Gasteiger charge is 2.17. The van der Waals surface area contributed by atoms with E-state index in [0.29, 0.717) is 6.54 Å². The van der Waals surface area contributed by atoms with E-state index in [1.54, 1.807) is 12.1 Å². The molecular weight excluding hydrogens is 385 g/mol. The molecule has 0 aliphatic rings. The van der Waals surface area contributed by atoms with Crippen molar-refractivity contribution in [3.8, 4) is 0 Å². The summed E-state index contributed by atoms with van der Waals surface area (Å²) in [6.45, 7) is 2.31. The lowest BCUT2D eigenvalue weighted by atomic mass is 9.89. The lowest BCUT2D eigenvalue weighted by Crippen LogP contribution is -2.29. The van der Waals surface area contributed by atoms with Crippen LogP contribution in [0.2, 0.25) is 5.02 Å². The van der Waals surface area contributed by atoms with E-state index in [1.165, 1.54) is 11.6 Å². The molecule has 0 fully saturated rings. The number of benzene rings is 3. The number of aliphatic hydroxyl groups excluding tert-OH is 1. The maximum atomic E-state index is 13.9. The molecular formula is C25H27ClFNO. The average molecular weight is 412 g/mol. The van der Waals surface area contributed by atoms with Crippen molar-refractivity contribution in [1.29, 1.82) is 0 Å². The van der Waals surface area contributed by atoms with Crippen LogP contribution in [0.15, 0.2) is 78.9 Å². The molecule has 1 atom stereocenters. The first-order valence-electron chi connectivity index (χ1n) is 10.0. The third kappa shape index (κ3) is 6.67. The summed E-state index contributed by atoms with van der Waals surface area (Å²) in [5.41, 5.74) is 3.27. The first-order chi connectivity index (χ1) is 14.2. The van der Waals surface area contributed by atoms with Crippen molar-refractivity contribution in [2.75, 3.05) is 19.7 Å². The lowest BCUT2D eigenvalue weighted by molar-refractivity contribution is 0.185. The first-order valence-corrected chi connectivity index (χ1v) is 10.4. The zero-order chi connectivity index (χ0) is 20.5. The van der Waals surface area contributed by atoms with E-state index in [0.717, 1.165) is 42.1 Å². The van der Waals surface area contributed by atoms with E-state index in [4.69, 9.17) is 11.6 Å². The molecule has 3 aromatic carbocycles. The molecule has 0 saturated carbocycles. The standard InChI is InChI=1S/C25H27ClFNO/c26-25-12-5-4-9-23(25)17-22(21-10-6-11-24(27)18-21)13-14-28(15-16-29)19-20-7-2-1-3-8-20/h1-12,18,22,29H,13-17,19H2/t22-/m0/s1. The zero-order valence-corrected chi connectivity index (χ0v) is 17.2. The second-order valence-electron chi connectivity index (χ2n) is 7.32. The highest BCUT2D eigenvalue weighted by atomic mass is 35.5. The molecule has 0 spiro atoms. The summed E-state index contributed by atoms with van der Waals surface area (Å²) in [5, 5.41) is 10.2. The van der Waals surface area contributed by atoms with Gasteiger partial charge in [0.1, 0.15) is 5.82 Å². The Morgan fingerprint density at radius 3 is 2.38 bits per heavy atom. The third-order valence-electron chi connectivity index (χ3n) is 5.20. The second kappa shape index (κ2) is 11.1. The third-order valence-corrected chi connectivity index (χ3v) is 5.57. The van der Waals surface area contributed by atoms with Gasteiger partial charge in [0.05, 0.1) is 6.61 Å². The van der Waals surface area contributed by atoms with Crippen molar-refractivity contribution in [2.45, 2.75) is 25.3 Å². The van der Waals surface area contributed by atoms with E-state index in [-0.39, 0.29) is 18.3 Å². The first kappa shape index (κ1) is 21.5. The highest BCUT2D eigenvalue weighted by molar-refractivity contribution is 6.31. The Morgan fingerprint density at radius 2 is 1.66 bits per heavy atom. The second-order valence-corrected chi connectivity index (χ2v) is 7.73. The van der Waals surface area contributed by atoms with Crippen LogP contribution in [0.1, 0.15) is 29.0 Å². The minimum absolute atomic E-state index is 0.113. The van der Waals surface area contributed by atoms with Gasteiger partial charge < -0.3 is 5.11 Å². The van der Waals surface area contributed by atoms with Crippen LogP contribution in [0.3, 0.4) is 0 Å². The molecule has 2 nitrogen and oxygen atoms in total. The molecule has 0 amide bonds. The van der Waals surface area contributed by atoms with Gasteiger partial charge in [-0.3, -0.25) is 4.90 Å². The molecule has 0 saturated heterocycles. The van der Waals surface area contributed by atoms with Crippen LogP contribution in [-0.2, 0) is 13.0 Å². The Hall–Kier alpha value is -2.20. The van der Waals surface area contributed by atoms with E-state index < -0.39 is 0 Å². The Morgan fingerprint density at radius 1 is 0.897 bits per heavy atom. The fraction of sp³-hybridized carbons (Fsp3) is 0.280. The van der Waals surface area contributed by atoms with Crippen LogP contribution in [0.5, 0.6) is 0 Å². The Labute approximate surface area is 177 Å². The molecule has 0 aliphatic carbocycles. The van der Waals surface area contributed by atoms with Crippen LogP contribution >= 0.6 is 11.6 Å². The normalized spacial score (nSPS) is 12.3. The van der Waals surface area contributed by atoms with Crippen LogP contribution < -0.4 is 0 Å². The number of hydrogen-bond donors (Lipinski definition) is 1. The quantitative estimate of drug-likeness (QED) is 0.463. The molecule has 29 heavy (non-hydrogen) atoms. The number of aliphatic hydroxyl groups is 1. The van der Waals surface area contributed by atoms with Gasteiger partial charge in [-0.25, -0.2) is 4.39 Å². The smallest absolute Gasteiger partial charge is 0.123 e. The van der Waals surface area contributed by atoms with Gasteiger partial charge in [0.15, 0.2) is 0 Å². The lowest BCUT2D eigenvalue weighted by Gasteiger charge is -2.25. The molecule has 1 N–H and O–H groups in total. The van der Waals surface area contributed by atoms with Crippen LogP contribution in [-0.4, -0.2) is 29.7 Å². The predicted octanol–water partition coefficient (Wildman–Crippen LogP) is 5.69. The topological polar surface area (TPSA) is 23.5 Å². The van der Waals surface area contributed by atoms with Crippen molar-refractivity contribution in [2.24, 2.45) is 0 Å². The number of hydrogen-bond acceptors (Lipinski definition) is 2. The summed E-state index contributed by atoms with van der Waals surface area (Å²) in [7, 11) is 0. The van der Waals surface area contributed by atoms with E-state index >= 15 is 0 Å². The van der Waals surface area contributed by atoms with Gasteiger partial charge in [-0.1, -0.05) is 72.3 Å². The fourth-order valence-electron chi connectivity index (χ4n) is 3.67. The molecule has 152 valence electrons. The van der Waals surface area contributed by atoms with Crippen molar-refractivity contribution in [3.05, 3.63) is 106 Å². The summed E-state index contributed by atoms with van der Waals surface area (Å²) in [4.78, 5) is 2.24. The molecule has 4 heteroatoms. The Bertz CT molecular complexity index is 887. The molecule has 0 aliphatic heterocycles. The number of halogens is 2. The van der Waals surface area contributed by atoms with Crippen LogP contribution in [0, 0.1) is 5.82 Å². The Balaban J connectivity index is 1.75. The fourth-order valence-corrected chi connectivity index (χ4v) is 3.88. The van der Waals surface area contributed by atoms with Crippen LogP contribution in [0.25, 0.3) is 0 Å². The summed E-state index contributed by atoms with van der Waals surface area (Å²) in [6.07, 6.45) is 1.60. The minimum Gasteiger partial charge on any atom is -0.395 e. The molecule has 0 bridgehead atoms.